The molecule has 0 radical (unpaired) electrons. The molecule has 0 aromatic carbocycles. The largest absolute Gasteiger partial charge is 0.468 e. The maximum atomic E-state index is 11.6. The average molecular weight is 242 g/mol. The van der Waals surface area contributed by atoms with Gasteiger partial charge in [0.05, 0.1) is 7.11 Å². The van der Waals surface area contributed by atoms with E-state index in [9.17, 15) is 4.79 Å². The summed E-state index contributed by atoms with van der Waals surface area (Å²) in [6.07, 6.45) is 5.54. The zero-order valence-corrected chi connectivity index (χ0v) is 11.4. The van der Waals surface area contributed by atoms with E-state index in [0.717, 1.165) is 25.8 Å². The maximum Gasteiger partial charge on any atom is 0.322 e. The van der Waals surface area contributed by atoms with Crippen molar-refractivity contribution in [3.8, 4) is 0 Å². The molecule has 0 aromatic rings. The number of unbranched alkanes of at least 4 members (excludes halogenated alkanes) is 1. The van der Waals surface area contributed by atoms with Crippen LogP contribution in [-0.4, -0.2) is 50.2 Å². The molecule has 0 amide bonds. The summed E-state index contributed by atoms with van der Waals surface area (Å²) in [5.74, 6) is -0.126. The van der Waals surface area contributed by atoms with Gasteiger partial charge in [0, 0.05) is 12.6 Å². The number of esters is 1. The standard InChI is InChI=1S/C13H26N2O2/c1-4-5-8-12(13(16)17-3)14-10-11-7-6-9-15(11)2/h11-12,14H,4-10H2,1-3H3. The predicted molar refractivity (Wildman–Crippen MR) is 69.0 cm³/mol. The Kier molecular flexibility index (Phi) is 6.52. The van der Waals surface area contributed by atoms with E-state index in [2.05, 4.69) is 24.2 Å². The first-order valence-electron chi connectivity index (χ1n) is 6.70. The highest BCUT2D eigenvalue weighted by Gasteiger charge is 2.24. The van der Waals surface area contributed by atoms with Gasteiger partial charge in [-0.3, -0.25) is 4.79 Å². The lowest BCUT2D eigenvalue weighted by molar-refractivity contribution is -0.143. The maximum absolute atomic E-state index is 11.6. The van der Waals surface area contributed by atoms with Gasteiger partial charge in [0.15, 0.2) is 0 Å². The summed E-state index contributed by atoms with van der Waals surface area (Å²) < 4.78 is 4.84. The van der Waals surface area contributed by atoms with Crippen LogP contribution < -0.4 is 5.32 Å². The summed E-state index contributed by atoms with van der Waals surface area (Å²) in [6.45, 7) is 4.20. The molecule has 1 aliphatic rings. The Labute approximate surface area is 105 Å². The van der Waals surface area contributed by atoms with E-state index < -0.39 is 0 Å². The van der Waals surface area contributed by atoms with E-state index in [0.29, 0.717) is 6.04 Å². The number of methoxy groups -OCH3 is 1. The Morgan fingerprint density at radius 3 is 2.88 bits per heavy atom. The zero-order chi connectivity index (χ0) is 12.7. The van der Waals surface area contributed by atoms with Gasteiger partial charge in [-0.05, 0) is 32.9 Å². The van der Waals surface area contributed by atoms with E-state index in [-0.39, 0.29) is 12.0 Å². The molecule has 1 fully saturated rings. The van der Waals surface area contributed by atoms with Gasteiger partial charge in [0.25, 0.3) is 0 Å². The number of likely N-dealkylation sites (tertiary alicyclic amines) is 1. The van der Waals surface area contributed by atoms with Crippen molar-refractivity contribution in [3.05, 3.63) is 0 Å². The Morgan fingerprint density at radius 1 is 1.59 bits per heavy atom. The third-order valence-electron chi connectivity index (χ3n) is 3.60. The SMILES string of the molecule is CCCCC(NCC1CCCN1C)C(=O)OC. The molecule has 17 heavy (non-hydrogen) atoms. The number of ether oxygens (including phenoxy) is 1. The van der Waals surface area contributed by atoms with Crippen LogP contribution in [0.5, 0.6) is 0 Å². The minimum absolute atomic E-state index is 0.126. The van der Waals surface area contributed by atoms with Crippen LogP contribution in [0.1, 0.15) is 39.0 Å². The van der Waals surface area contributed by atoms with Gasteiger partial charge in [-0.15, -0.1) is 0 Å². The van der Waals surface area contributed by atoms with Crippen molar-refractivity contribution in [2.45, 2.75) is 51.1 Å². The molecule has 0 spiro atoms. The van der Waals surface area contributed by atoms with Gasteiger partial charge >= 0.3 is 5.97 Å². The fraction of sp³-hybridized carbons (Fsp3) is 0.923. The summed E-state index contributed by atoms with van der Waals surface area (Å²) >= 11 is 0. The lowest BCUT2D eigenvalue weighted by atomic mass is 10.1. The smallest absolute Gasteiger partial charge is 0.322 e. The number of likely N-dealkylation sites (N-methyl/N-ethyl adjacent to an activating group) is 1. The fourth-order valence-corrected chi connectivity index (χ4v) is 2.37. The lowest BCUT2D eigenvalue weighted by Gasteiger charge is -2.23. The van der Waals surface area contributed by atoms with Crippen molar-refractivity contribution in [2.75, 3.05) is 27.2 Å². The van der Waals surface area contributed by atoms with Crippen molar-refractivity contribution < 1.29 is 9.53 Å². The van der Waals surface area contributed by atoms with Crippen LogP contribution in [-0.2, 0) is 9.53 Å². The molecule has 4 heteroatoms. The van der Waals surface area contributed by atoms with Gasteiger partial charge in [0.1, 0.15) is 6.04 Å². The number of hydrogen-bond donors (Lipinski definition) is 1. The molecule has 100 valence electrons. The van der Waals surface area contributed by atoms with Gasteiger partial charge in [-0.25, -0.2) is 0 Å². The molecule has 1 saturated heterocycles. The molecule has 1 heterocycles. The molecule has 1 aliphatic heterocycles. The number of rotatable bonds is 7. The zero-order valence-electron chi connectivity index (χ0n) is 11.4. The Balaban J connectivity index is 2.34. The second kappa shape index (κ2) is 7.67. The highest BCUT2D eigenvalue weighted by atomic mass is 16.5. The van der Waals surface area contributed by atoms with E-state index in [1.807, 2.05) is 0 Å². The third-order valence-corrected chi connectivity index (χ3v) is 3.60. The summed E-state index contributed by atoms with van der Waals surface area (Å²) in [7, 11) is 3.61. The molecule has 0 aromatic heterocycles. The molecule has 0 saturated carbocycles. The van der Waals surface area contributed by atoms with Crippen LogP contribution >= 0.6 is 0 Å². The van der Waals surface area contributed by atoms with E-state index in [1.165, 1.54) is 26.5 Å². The van der Waals surface area contributed by atoms with Gasteiger partial charge in [-0.2, -0.15) is 0 Å². The molecule has 0 aliphatic carbocycles. The minimum atomic E-state index is -0.131. The van der Waals surface area contributed by atoms with Crippen molar-refractivity contribution in [3.63, 3.8) is 0 Å². The van der Waals surface area contributed by atoms with Crippen molar-refractivity contribution in [2.24, 2.45) is 0 Å². The van der Waals surface area contributed by atoms with Crippen LogP contribution in [0.4, 0.5) is 0 Å². The monoisotopic (exact) mass is 242 g/mol. The van der Waals surface area contributed by atoms with Crippen molar-refractivity contribution in [1.29, 1.82) is 0 Å². The number of hydrogen-bond acceptors (Lipinski definition) is 4. The third kappa shape index (κ3) is 4.64. The van der Waals surface area contributed by atoms with E-state index >= 15 is 0 Å². The van der Waals surface area contributed by atoms with Gasteiger partial charge < -0.3 is 15.0 Å². The lowest BCUT2D eigenvalue weighted by Crippen LogP contribution is -2.44. The van der Waals surface area contributed by atoms with Gasteiger partial charge in [0.2, 0.25) is 0 Å². The molecule has 2 atom stereocenters. The first-order chi connectivity index (χ1) is 8.19. The van der Waals surface area contributed by atoms with Crippen LogP contribution in [0, 0.1) is 0 Å². The molecule has 4 nitrogen and oxygen atoms in total. The van der Waals surface area contributed by atoms with E-state index in [1.54, 1.807) is 0 Å². The quantitative estimate of drug-likeness (QED) is 0.685. The van der Waals surface area contributed by atoms with Crippen LogP contribution in [0.2, 0.25) is 0 Å². The first kappa shape index (κ1) is 14.5. The van der Waals surface area contributed by atoms with Crippen LogP contribution in [0.25, 0.3) is 0 Å². The van der Waals surface area contributed by atoms with Crippen LogP contribution in [0.15, 0.2) is 0 Å². The van der Waals surface area contributed by atoms with Gasteiger partial charge in [-0.1, -0.05) is 19.8 Å². The normalized spacial score (nSPS) is 22.6. The van der Waals surface area contributed by atoms with Crippen molar-refractivity contribution in [1.82, 2.24) is 10.2 Å². The van der Waals surface area contributed by atoms with Crippen LogP contribution in [0.3, 0.4) is 0 Å². The average Bonchev–Trinajstić information content (AvgIpc) is 2.74. The predicted octanol–water partition coefficient (Wildman–Crippen LogP) is 1.40. The Hall–Kier alpha value is -0.610. The topological polar surface area (TPSA) is 41.6 Å². The molecule has 1 N–H and O–H groups in total. The first-order valence-corrected chi connectivity index (χ1v) is 6.70. The minimum Gasteiger partial charge on any atom is -0.468 e. The molecule has 0 bridgehead atoms. The molecule has 1 rings (SSSR count). The molecular formula is C13H26N2O2. The summed E-state index contributed by atoms with van der Waals surface area (Å²) in [6, 6.07) is 0.442. The summed E-state index contributed by atoms with van der Waals surface area (Å²) in [5, 5.41) is 3.36. The number of carbonyl (C=O) groups excluding carboxylic acids is 1. The molecular weight excluding hydrogens is 216 g/mol. The number of nitrogens with zero attached hydrogens (tertiary/aromatic N) is 1. The van der Waals surface area contributed by atoms with E-state index in [4.69, 9.17) is 4.74 Å². The molecule has 2 unspecified atom stereocenters. The Bertz CT molecular complexity index is 233. The summed E-state index contributed by atoms with van der Waals surface area (Å²) in [4.78, 5) is 14.0. The number of nitrogens with one attached hydrogen (secondary N) is 1. The number of carbonyl (C=O) groups is 1. The second-order valence-corrected chi connectivity index (χ2v) is 4.90. The fourth-order valence-electron chi connectivity index (χ4n) is 2.37. The summed E-state index contributed by atoms with van der Waals surface area (Å²) in [5.41, 5.74) is 0. The Morgan fingerprint density at radius 2 is 2.35 bits per heavy atom. The highest BCUT2D eigenvalue weighted by molar-refractivity contribution is 5.75. The second-order valence-electron chi connectivity index (χ2n) is 4.90. The highest BCUT2D eigenvalue weighted by Crippen LogP contribution is 2.14. The van der Waals surface area contributed by atoms with Crippen molar-refractivity contribution >= 4 is 5.97 Å².